The molecule has 1 atom stereocenters. The van der Waals surface area contributed by atoms with Gasteiger partial charge in [-0.1, -0.05) is 42.5 Å². The zero-order valence-electron chi connectivity index (χ0n) is 15.4. The maximum Gasteiger partial charge on any atom is 0.331 e. The molecule has 2 aromatic carbocycles. The molecule has 1 aliphatic rings. The Balaban J connectivity index is 0.00000280. The Hall–Kier alpha value is -2.70. The first-order valence-electron chi connectivity index (χ1n) is 9.03. The number of carbonyl (C=O) groups is 1. The number of nitro groups is 1. The van der Waals surface area contributed by atoms with Gasteiger partial charge in [0.1, 0.15) is 6.10 Å². The molecule has 0 bridgehead atoms. The summed E-state index contributed by atoms with van der Waals surface area (Å²) < 4.78 is 5.68. The second-order valence-electron chi connectivity index (χ2n) is 6.49. The molecule has 1 heterocycles. The lowest BCUT2D eigenvalue weighted by atomic mass is 10.1. The number of hydrogen-bond acceptors (Lipinski definition) is 5. The maximum absolute atomic E-state index is 12.4. The van der Waals surface area contributed by atoms with Crippen LogP contribution in [0.1, 0.15) is 30.1 Å². The molecule has 0 saturated carbocycles. The number of likely N-dealkylation sites (tertiary alicyclic amines) is 1. The van der Waals surface area contributed by atoms with Gasteiger partial charge in [-0.3, -0.25) is 15.0 Å². The second-order valence-corrected chi connectivity index (χ2v) is 6.49. The SMILES string of the molecule is Cl.O=C(/C=C/c1ccccc1[N+](=O)[O-])OC(CN1CCCC1)c1ccccc1. The Morgan fingerprint density at radius 1 is 1.11 bits per heavy atom. The average Bonchev–Trinajstić information content (AvgIpc) is 3.20. The van der Waals surface area contributed by atoms with Gasteiger partial charge in [-0.2, -0.15) is 0 Å². The lowest BCUT2D eigenvalue weighted by Gasteiger charge is -2.23. The van der Waals surface area contributed by atoms with E-state index in [0.29, 0.717) is 12.1 Å². The monoisotopic (exact) mass is 402 g/mol. The number of nitro benzene ring substituents is 1. The smallest absolute Gasteiger partial charge is 0.331 e. The van der Waals surface area contributed by atoms with Crippen molar-refractivity contribution in [1.82, 2.24) is 4.90 Å². The van der Waals surface area contributed by atoms with Crippen LogP contribution < -0.4 is 0 Å². The zero-order valence-corrected chi connectivity index (χ0v) is 16.2. The highest BCUT2D eigenvalue weighted by Crippen LogP contribution is 2.23. The molecule has 0 N–H and O–H groups in total. The van der Waals surface area contributed by atoms with Crippen LogP contribution in [0.15, 0.2) is 60.7 Å². The summed E-state index contributed by atoms with van der Waals surface area (Å²) in [6.07, 6.45) is 4.63. The van der Waals surface area contributed by atoms with Crippen LogP contribution in [0, 0.1) is 10.1 Å². The van der Waals surface area contributed by atoms with E-state index >= 15 is 0 Å². The number of benzene rings is 2. The molecular formula is C21H23ClN2O4. The van der Waals surface area contributed by atoms with Gasteiger partial charge in [0.05, 0.1) is 10.5 Å². The third-order valence-corrected chi connectivity index (χ3v) is 4.58. The van der Waals surface area contributed by atoms with Crippen LogP contribution in [0.5, 0.6) is 0 Å². The van der Waals surface area contributed by atoms with Crippen LogP contribution in [-0.4, -0.2) is 35.4 Å². The van der Waals surface area contributed by atoms with E-state index in [0.717, 1.165) is 31.5 Å². The van der Waals surface area contributed by atoms with Crippen molar-refractivity contribution in [3.05, 3.63) is 81.9 Å². The van der Waals surface area contributed by atoms with E-state index in [-0.39, 0.29) is 24.2 Å². The summed E-state index contributed by atoms with van der Waals surface area (Å²) in [7, 11) is 0. The number of esters is 1. The fourth-order valence-corrected chi connectivity index (χ4v) is 3.21. The molecule has 6 nitrogen and oxygen atoms in total. The van der Waals surface area contributed by atoms with E-state index in [9.17, 15) is 14.9 Å². The Morgan fingerprint density at radius 3 is 2.43 bits per heavy atom. The normalized spacial score (nSPS) is 15.1. The Morgan fingerprint density at radius 2 is 1.75 bits per heavy atom. The summed E-state index contributed by atoms with van der Waals surface area (Å²) in [5, 5.41) is 11.1. The van der Waals surface area contributed by atoms with E-state index in [2.05, 4.69) is 4.90 Å². The fourth-order valence-electron chi connectivity index (χ4n) is 3.21. The molecule has 7 heteroatoms. The lowest BCUT2D eigenvalue weighted by molar-refractivity contribution is -0.385. The summed E-state index contributed by atoms with van der Waals surface area (Å²) >= 11 is 0. The highest BCUT2D eigenvalue weighted by atomic mass is 35.5. The number of para-hydroxylation sites is 1. The van der Waals surface area contributed by atoms with Gasteiger partial charge in [0.15, 0.2) is 0 Å². The van der Waals surface area contributed by atoms with Gasteiger partial charge in [0, 0.05) is 18.7 Å². The van der Waals surface area contributed by atoms with E-state index in [1.54, 1.807) is 18.2 Å². The number of nitrogens with zero attached hydrogens (tertiary/aromatic N) is 2. The van der Waals surface area contributed by atoms with Gasteiger partial charge in [-0.25, -0.2) is 4.79 Å². The number of halogens is 1. The van der Waals surface area contributed by atoms with Crippen LogP contribution in [0.4, 0.5) is 5.69 Å². The Labute approximate surface area is 170 Å². The van der Waals surface area contributed by atoms with E-state index in [1.807, 2.05) is 30.3 Å². The number of ether oxygens (including phenoxy) is 1. The van der Waals surface area contributed by atoms with Crippen molar-refractivity contribution in [1.29, 1.82) is 0 Å². The van der Waals surface area contributed by atoms with Crippen molar-refractivity contribution < 1.29 is 14.5 Å². The minimum atomic E-state index is -0.513. The van der Waals surface area contributed by atoms with E-state index < -0.39 is 10.9 Å². The van der Waals surface area contributed by atoms with Crippen molar-refractivity contribution in [2.75, 3.05) is 19.6 Å². The molecule has 0 spiro atoms. The summed E-state index contributed by atoms with van der Waals surface area (Å²) in [6.45, 7) is 2.66. The van der Waals surface area contributed by atoms with Gasteiger partial charge < -0.3 is 4.74 Å². The van der Waals surface area contributed by atoms with E-state index in [1.165, 1.54) is 18.2 Å². The minimum absolute atomic E-state index is 0. The van der Waals surface area contributed by atoms with Crippen molar-refractivity contribution in [3.8, 4) is 0 Å². The molecule has 28 heavy (non-hydrogen) atoms. The molecule has 0 aliphatic carbocycles. The van der Waals surface area contributed by atoms with E-state index in [4.69, 9.17) is 4.74 Å². The molecule has 0 amide bonds. The molecule has 3 rings (SSSR count). The third-order valence-electron chi connectivity index (χ3n) is 4.58. The fraction of sp³-hybridized carbons (Fsp3) is 0.286. The molecule has 148 valence electrons. The van der Waals surface area contributed by atoms with Crippen molar-refractivity contribution in [2.45, 2.75) is 18.9 Å². The van der Waals surface area contributed by atoms with Gasteiger partial charge in [0.25, 0.3) is 5.69 Å². The zero-order chi connectivity index (χ0) is 19.1. The second kappa shape index (κ2) is 10.6. The largest absolute Gasteiger partial charge is 0.453 e. The lowest BCUT2D eigenvalue weighted by Crippen LogP contribution is -2.28. The van der Waals surface area contributed by atoms with Gasteiger partial charge in [-0.15, -0.1) is 12.4 Å². The summed E-state index contributed by atoms with van der Waals surface area (Å²) in [6, 6.07) is 15.9. The molecule has 0 aromatic heterocycles. The number of rotatable bonds is 7. The topological polar surface area (TPSA) is 72.7 Å². The highest BCUT2D eigenvalue weighted by Gasteiger charge is 2.21. The van der Waals surface area contributed by atoms with Crippen LogP contribution in [-0.2, 0) is 9.53 Å². The van der Waals surface area contributed by atoms with Gasteiger partial charge in [0.2, 0.25) is 0 Å². The first-order valence-corrected chi connectivity index (χ1v) is 9.03. The number of hydrogen-bond donors (Lipinski definition) is 0. The highest BCUT2D eigenvalue weighted by molar-refractivity contribution is 5.88. The van der Waals surface area contributed by atoms with Crippen LogP contribution in [0.3, 0.4) is 0 Å². The van der Waals surface area contributed by atoms with Gasteiger partial charge in [-0.05, 0) is 43.6 Å². The molecule has 1 aliphatic heterocycles. The first kappa shape index (κ1) is 21.6. The Bertz CT molecular complexity index is 820. The van der Waals surface area contributed by atoms with Gasteiger partial charge >= 0.3 is 5.97 Å². The molecule has 1 unspecified atom stereocenters. The molecule has 0 radical (unpaired) electrons. The Kier molecular flexibility index (Phi) is 8.17. The average molecular weight is 403 g/mol. The summed E-state index contributed by atoms with van der Waals surface area (Å²) in [5.41, 5.74) is 1.27. The molecule has 1 saturated heterocycles. The first-order chi connectivity index (χ1) is 13.1. The summed E-state index contributed by atoms with van der Waals surface area (Å²) in [4.78, 5) is 25.3. The predicted octanol–water partition coefficient (Wildman–Crippen LogP) is 4.41. The quantitative estimate of drug-likeness (QED) is 0.297. The molecular weight excluding hydrogens is 380 g/mol. The number of carbonyl (C=O) groups excluding carboxylic acids is 1. The van der Waals surface area contributed by atoms with Crippen molar-refractivity contribution in [3.63, 3.8) is 0 Å². The van der Waals surface area contributed by atoms with Crippen molar-refractivity contribution in [2.24, 2.45) is 0 Å². The van der Waals surface area contributed by atoms with Crippen LogP contribution >= 0.6 is 12.4 Å². The summed E-state index contributed by atoms with van der Waals surface area (Å²) in [5.74, 6) is -0.513. The molecule has 1 fully saturated rings. The van der Waals surface area contributed by atoms with Crippen molar-refractivity contribution >= 4 is 30.1 Å². The standard InChI is InChI=1S/C21H22N2O4.ClH/c24-21(13-12-17-8-4-5-11-19(17)23(25)26)27-20(16-22-14-6-7-15-22)18-9-2-1-3-10-18;/h1-5,8-13,20H,6-7,14-16H2;1H/b13-12+;. The van der Waals surface area contributed by atoms with Crippen LogP contribution in [0.25, 0.3) is 6.08 Å². The molecule has 2 aromatic rings. The predicted molar refractivity (Wildman–Crippen MR) is 110 cm³/mol. The maximum atomic E-state index is 12.4. The minimum Gasteiger partial charge on any atom is -0.453 e. The third kappa shape index (κ3) is 5.90. The van der Waals surface area contributed by atoms with Crippen LogP contribution in [0.2, 0.25) is 0 Å².